The highest BCUT2D eigenvalue weighted by Crippen LogP contribution is 2.35. The van der Waals surface area contributed by atoms with E-state index in [9.17, 15) is 9.59 Å². The molecule has 0 aliphatic carbocycles. The molecular formula is C20H21ClN2O5. The average molecular weight is 405 g/mol. The minimum Gasteiger partial charge on any atom is -0.465 e. The topological polar surface area (TPSA) is 68.3 Å². The van der Waals surface area contributed by atoms with Crippen molar-refractivity contribution in [2.75, 3.05) is 50.3 Å². The lowest BCUT2D eigenvalue weighted by Gasteiger charge is -2.31. The molecule has 0 unspecified atom stereocenters. The maximum Gasteiger partial charge on any atom is 0.355 e. The maximum atomic E-state index is 12.6. The summed E-state index contributed by atoms with van der Waals surface area (Å²) in [4.78, 5) is 28.6. The van der Waals surface area contributed by atoms with Gasteiger partial charge in [-0.25, -0.2) is 9.59 Å². The van der Waals surface area contributed by atoms with Crippen LogP contribution in [-0.2, 0) is 23.8 Å². The Balaban J connectivity index is 2.11. The van der Waals surface area contributed by atoms with Crippen LogP contribution in [0.3, 0.4) is 0 Å². The highest BCUT2D eigenvalue weighted by atomic mass is 35.5. The van der Waals surface area contributed by atoms with Gasteiger partial charge in [0, 0.05) is 25.0 Å². The van der Waals surface area contributed by atoms with Gasteiger partial charge in [-0.1, -0.05) is 17.7 Å². The molecule has 3 rings (SSSR count). The number of halogens is 1. The predicted molar refractivity (Wildman–Crippen MR) is 106 cm³/mol. The van der Waals surface area contributed by atoms with Crippen LogP contribution in [0.25, 0.3) is 0 Å². The zero-order chi connectivity index (χ0) is 20.1. The first-order valence-electron chi connectivity index (χ1n) is 8.74. The quantitative estimate of drug-likeness (QED) is 0.714. The number of anilines is 2. The number of hydrogen-bond acceptors (Lipinski definition) is 7. The lowest BCUT2D eigenvalue weighted by Crippen LogP contribution is -2.36. The number of ether oxygens (including phenoxy) is 3. The van der Waals surface area contributed by atoms with E-state index in [4.69, 9.17) is 25.8 Å². The molecule has 0 bridgehead atoms. The van der Waals surface area contributed by atoms with Crippen LogP contribution in [-0.4, -0.2) is 52.5 Å². The predicted octanol–water partition coefficient (Wildman–Crippen LogP) is 2.67. The molecule has 7 nitrogen and oxygen atoms in total. The van der Waals surface area contributed by atoms with Crippen molar-refractivity contribution in [2.45, 2.75) is 0 Å². The Bertz CT molecular complexity index is 856. The Morgan fingerprint density at radius 2 is 1.79 bits per heavy atom. The van der Waals surface area contributed by atoms with Crippen molar-refractivity contribution < 1.29 is 23.8 Å². The van der Waals surface area contributed by atoms with Gasteiger partial charge in [0.05, 0.1) is 43.7 Å². The molecule has 2 aliphatic heterocycles. The number of rotatable bonds is 4. The Hall–Kier alpha value is -2.77. The zero-order valence-electron chi connectivity index (χ0n) is 15.7. The summed E-state index contributed by atoms with van der Waals surface area (Å²) < 4.78 is 15.2. The van der Waals surface area contributed by atoms with Gasteiger partial charge in [-0.2, -0.15) is 0 Å². The second-order valence-electron chi connectivity index (χ2n) is 6.05. The normalized spacial score (nSPS) is 16.8. The van der Waals surface area contributed by atoms with Crippen molar-refractivity contribution in [3.63, 3.8) is 0 Å². The molecule has 0 aromatic heterocycles. The van der Waals surface area contributed by atoms with Crippen LogP contribution in [0.5, 0.6) is 0 Å². The van der Waals surface area contributed by atoms with E-state index in [-0.39, 0.29) is 11.3 Å². The largest absolute Gasteiger partial charge is 0.465 e. The molecule has 2 heterocycles. The Morgan fingerprint density at radius 1 is 1.07 bits per heavy atom. The van der Waals surface area contributed by atoms with Crippen molar-refractivity contribution in [3.8, 4) is 0 Å². The number of allylic oxidation sites excluding steroid dienone is 2. The number of hydrogen-bond donors (Lipinski definition) is 0. The third kappa shape index (κ3) is 4.05. The van der Waals surface area contributed by atoms with E-state index in [2.05, 4.69) is 4.90 Å². The van der Waals surface area contributed by atoms with Gasteiger partial charge in [-0.15, -0.1) is 0 Å². The van der Waals surface area contributed by atoms with Gasteiger partial charge < -0.3 is 24.0 Å². The summed E-state index contributed by atoms with van der Waals surface area (Å²) in [6.45, 7) is 2.80. The molecule has 0 N–H and O–H groups in total. The van der Waals surface area contributed by atoms with Crippen LogP contribution < -0.4 is 9.80 Å². The molecule has 1 aromatic carbocycles. The fourth-order valence-corrected chi connectivity index (χ4v) is 3.26. The molecule has 8 heteroatoms. The van der Waals surface area contributed by atoms with Crippen molar-refractivity contribution in [1.29, 1.82) is 0 Å². The zero-order valence-corrected chi connectivity index (χ0v) is 16.4. The summed E-state index contributed by atoms with van der Waals surface area (Å²) >= 11 is 6.47. The summed E-state index contributed by atoms with van der Waals surface area (Å²) in [6.07, 6.45) is 6.52. The number of esters is 2. The minimum absolute atomic E-state index is 0.0281. The summed E-state index contributed by atoms with van der Waals surface area (Å²) in [6, 6.07) is 5.56. The molecule has 0 amide bonds. The van der Waals surface area contributed by atoms with E-state index < -0.39 is 11.9 Å². The third-order valence-corrected chi connectivity index (χ3v) is 4.77. The molecule has 1 aromatic rings. The van der Waals surface area contributed by atoms with Crippen LogP contribution in [0, 0.1) is 0 Å². The van der Waals surface area contributed by atoms with Gasteiger partial charge in [0.2, 0.25) is 0 Å². The molecule has 0 radical (unpaired) electrons. The standard InChI is InChI=1S/C20H21ClN2O5/c1-26-19(24)15-5-3-4-8-23(18(15)20(25)27-2)17-13-14(6-7-16(17)21)22-9-11-28-12-10-22/h3-8,13H,9-12H2,1-2H3. The number of morpholine rings is 1. The Morgan fingerprint density at radius 3 is 2.46 bits per heavy atom. The molecule has 1 saturated heterocycles. The maximum absolute atomic E-state index is 12.6. The molecule has 1 fully saturated rings. The summed E-state index contributed by atoms with van der Waals surface area (Å²) in [5, 5.41) is 0.425. The van der Waals surface area contributed by atoms with E-state index >= 15 is 0 Å². The Labute approximate surface area is 168 Å². The van der Waals surface area contributed by atoms with E-state index in [1.165, 1.54) is 20.3 Å². The second-order valence-corrected chi connectivity index (χ2v) is 6.46. The van der Waals surface area contributed by atoms with Gasteiger partial charge in [0.1, 0.15) is 5.70 Å². The summed E-state index contributed by atoms with van der Waals surface area (Å²) in [5.74, 6) is -1.32. The molecule has 2 aliphatic rings. The third-order valence-electron chi connectivity index (χ3n) is 4.45. The monoisotopic (exact) mass is 404 g/mol. The van der Waals surface area contributed by atoms with Gasteiger partial charge in [0.25, 0.3) is 0 Å². The van der Waals surface area contributed by atoms with Crippen LogP contribution in [0.4, 0.5) is 11.4 Å². The highest BCUT2D eigenvalue weighted by molar-refractivity contribution is 6.33. The first kappa shape index (κ1) is 20.0. The molecule has 28 heavy (non-hydrogen) atoms. The number of carbonyl (C=O) groups excluding carboxylic acids is 2. The van der Waals surface area contributed by atoms with Crippen molar-refractivity contribution >= 4 is 34.9 Å². The van der Waals surface area contributed by atoms with Gasteiger partial charge in [0.15, 0.2) is 0 Å². The van der Waals surface area contributed by atoms with Crippen molar-refractivity contribution in [3.05, 3.63) is 58.9 Å². The number of benzene rings is 1. The summed E-state index contributed by atoms with van der Waals surface area (Å²) in [5.41, 5.74) is 1.59. The average Bonchev–Trinajstić information content (AvgIpc) is 2.96. The molecule has 0 atom stereocenters. The van der Waals surface area contributed by atoms with E-state index in [1.54, 1.807) is 29.3 Å². The molecule has 0 saturated carbocycles. The number of nitrogens with zero attached hydrogens (tertiary/aromatic N) is 2. The van der Waals surface area contributed by atoms with Gasteiger partial charge in [-0.3, -0.25) is 0 Å². The van der Waals surface area contributed by atoms with E-state index in [0.717, 1.165) is 18.8 Å². The molecule has 148 valence electrons. The smallest absolute Gasteiger partial charge is 0.355 e. The van der Waals surface area contributed by atoms with Crippen LogP contribution in [0.1, 0.15) is 0 Å². The first-order chi connectivity index (χ1) is 13.6. The fraction of sp³-hybridized carbons (Fsp3) is 0.300. The van der Waals surface area contributed by atoms with Crippen LogP contribution in [0.2, 0.25) is 5.02 Å². The van der Waals surface area contributed by atoms with Crippen LogP contribution >= 0.6 is 11.6 Å². The molecule has 0 spiro atoms. The summed E-state index contributed by atoms with van der Waals surface area (Å²) in [7, 11) is 2.51. The fourth-order valence-electron chi connectivity index (χ4n) is 3.06. The van der Waals surface area contributed by atoms with E-state index in [1.807, 2.05) is 12.1 Å². The van der Waals surface area contributed by atoms with Crippen LogP contribution in [0.15, 0.2) is 53.9 Å². The van der Waals surface area contributed by atoms with E-state index in [0.29, 0.717) is 23.9 Å². The lowest BCUT2D eigenvalue weighted by molar-refractivity contribution is -0.139. The number of carbonyl (C=O) groups is 2. The van der Waals surface area contributed by atoms with Crippen molar-refractivity contribution in [1.82, 2.24) is 0 Å². The Kier molecular flexibility index (Phi) is 6.38. The number of methoxy groups -OCH3 is 2. The first-order valence-corrected chi connectivity index (χ1v) is 9.12. The van der Waals surface area contributed by atoms with Crippen molar-refractivity contribution in [2.24, 2.45) is 0 Å². The molecular weight excluding hydrogens is 384 g/mol. The second kappa shape index (κ2) is 8.95. The minimum atomic E-state index is -0.676. The lowest BCUT2D eigenvalue weighted by atomic mass is 10.1. The van der Waals surface area contributed by atoms with Gasteiger partial charge in [-0.05, 0) is 30.4 Å². The highest BCUT2D eigenvalue weighted by Gasteiger charge is 2.29. The van der Waals surface area contributed by atoms with Gasteiger partial charge >= 0.3 is 11.9 Å². The SMILES string of the molecule is COC(=O)C1=C(C(=O)OC)N(c2cc(N3CCOCC3)ccc2Cl)C=CC=C1.